The smallest absolute Gasteiger partial charge is 0.315 e. The zero-order valence-corrected chi connectivity index (χ0v) is 8.86. The van der Waals surface area contributed by atoms with Crippen LogP contribution in [-0.2, 0) is 24.3 Å². The molecular formula is C9H12F2N4O. The molecule has 7 heteroatoms. The van der Waals surface area contributed by atoms with Crippen LogP contribution in [0.3, 0.4) is 0 Å². The predicted octanol–water partition coefficient (Wildman–Crippen LogP) is 0.448. The second kappa shape index (κ2) is 4.15. The van der Waals surface area contributed by atoms with Gasteiger partial charge in [0.05, 0.1) is 6.54 Å². The van der Waals surface area contributed by atoms with Crippen molar-refractivity contribution in [2.24, 2.45) is 0 Å². The first kappa shape index (κ1) is 11.0. The van der Waals surface area contributed by atoms with Crippen molar-refractivity contribution in [2.75, 3.05) is 7.05 Å². The first-order valence-electron chi connectivity index (χ1n) is 5.03. The molecule has 88 valence electrons. The molecule has 1 amide bonds. The Hall–Kier alpha value is -1.53. The van der Waals surface area contributed by atoms with Crippen LogP contribution in [0.25, 0.3) is 0 Å². The van der Waals surface area contributed by atoms with Gasteiger partial charge in [-0.15, -0.1) is 10.2 Å². The topological polar surface area (TPSA) is 51.0 Å². The maximum absolute atomic E-state index is 12.1. The van der Waals surface area contributed by atoms with Crippen LogP contribution in [0.4, 0.5) is 8.78 Å². The van der Waals surface area contributed by atoms with Crippen molar-refractivity contribution in [2.45, 2.75) is 32.4 Å². The van der Waals surface area contributed by atoms with Crippen molar-refractivity contribution in [3.05, 3.63) is 11.6 Å². The second-order valence-corrected chi connectivity index (χ2v) is 3.78. The van der Waals surface area contributed by atoms with E-state index >= 15 is 0 Å². The number of carbonyl (C=O) groups excluding carboxylic acids is 1. The van der Waals surface area contributed by atoms with Crippen molar-refractivity contribution >= 4 is 5.91 Å². The Morgan fingerprint density at radius 1 is 1.56 bits per heavy atom. The first-order chi connectivity index (χ1) is 7.59. The fraction of sp³-hybridized carbons (Fsp3) is 0.667. The lowest BCUT2D eigenvalue weighted by atomic mass is 10.4. The van der Waals surface area contributed by atoms with Gasteiger partial charge in [-0.2, -0.15) is 8.78 Å². The van der Waals surface area contributed by atoms with Gasteiger partial charge in [-0.25, -0.2) is 0 Å². The Labute approximate surface area is 91.1 Å². The fourth-order valence-electron chi connectivity index (χ4n) is 1.78. The van der Waals surface area contributed by atoms with Gasteiger partial charge in [-0.3, -0.25) is 4.79 Å². The predicted molar refractivity (Wildman–Crippen MR) is 50.8 cm³/mol. The monoisotopic (exact) mass is 230 g/mol. The van der Waals surface area contributed by atoms with E-state index < -0.39 is 12.3 Å². The van der Waals surface area contributed by atoms with E-state index in [1.807, 2.05) is 4.57 Å². The Morgan fingerprint density at radius 3 is 3.00 bits per heavy atom. The van der Waals surface area contributed by atoms with E-state index in [0.29, 0.717) is 5.82 Å². The van der Waals surface area contributed by atoms with Crippen LogP contribution in [-0.4, -0.2) is 39.0 Å². The molecule has 0 spiro atoms. The van der Waals surface area contributed by atoms with E-state index in [9.17, 15) is 13.6 Å². The van der Waals surface area contributed by atoms with Crippen molar-refractivity contribution < 1.29 is 13.6 Å². The maximum Gasteiger partial charge on any atom is 0.315 e. The minimum Gasteiger partial charge on any atom is -0.333 e. The van der Waals surface area contributed by atoms with Crippen LogP contribution < -0.4 is 0 Å². The van der Waals surface area contributed by atoms with Gasteiger partial charge in [0, 0.05) is 20.0 Å². The summed E-state index contributed by atoms with van der Waals surface area (Å²) in [6, 6.07) is 0. The van der Waals surface area contributed by atoms with Gasteiger partial charge in [0.1, 0.15) is 5.82 Å². The van der Waals surface area contributed by atoms with Gasteiger partial charge < -0.3 is 9.47 Å². The van der Waals surface area contributed by atoms with E-state index in [-0.39, 0.29) is 6.54 Å². The summed E-state index contributed by atoms with van der Waals surface area (Å²) in [4.78, 5) is 12.0. The Bertz CT molecular complexity index is 404. The molecule has 0 radical (unpaired) electrons. The minimum atomic E-state index is -2.97. The number of alkyl halides is 2. The molecule has 2 rings (SSSR count). The number of carbonyl (C=O) groups is 1. The van der Waals surface area contributed by atoms with Crippen LogP contribution in [0.5, 0.6) is 0 Å². The molecule has 0 unspecified atom stereocenters. The number of aromatic nitrogens is 3. The summed E-state index contributed by atoms with van der Waals surface area (Å²) in [5.41, 5.74) is 0. The Morgan fingerprint density at radius 2 is 2.31 bits per heavy atom. The lowest BCUT2D eigenvalue weighted by Gasteiger charge is -2.15. The summed E-state index contributed by atoms with van der Waals surface area (Å²) in [5, 5.41) is 7.84. The normalized spacial score (nSPS) is 14.2. The van der Waals surface area contributed by atoms with E-state index in [1.54, 1.807) is 0 Å². The summed E-state index contributed by atoms with van der Waals surface area (Å²) in [6.45, 7) is 0.880. The Kier molecular flexibility index (Phi) is 2.84. The zero-order valence-electron chi connectivity index (χ0n) is 8.86. The molecule has 0 aliphatic carbocycles. The molecule has 0 saturated heterocycles. The number of amides is 1. The highest BCUT2D eigenvalue weighted by molar-refractivity contribution is 5.78. The van der Waals surface area contributed by atoms with Gasteiger partial charge >= 0.3 is 6.43 Å². The highest BCUT2D eigenvalue weighted by Crippen LogP contribution is 2.15. The summed E-state index contributed by atoms with van der Waals surface area (Å²) in [7, 11) is 1.34. The molecule has 1 aliphatic rings. The van der Waals surface area contributed by atoms with E-state index in [4.69, 9.17) is 0 Å². The third-order valence-electron chi connectivity index (χ3n) is 2.63. The van der Waals surface area contributed by atoms with Gasteiger partial charge in [0.25, 0.3) is 5.91 Å². The molecule has 0 bridgehead atoms. The molecule has 0 fully saturated rings. The van der Waals surface area contributed by atoms with Gasteiger partial charge in [-0.05, 0) is 6.42 Å². The van der Waals surface area contributed by atoms with Crippen LogP contribution in [0.2, 0.25) is 0 Å². The number of hydrogen-bond donors (Lipinski definition) is 0. The average Bonchev–Trinajstić information content (AvgIpc) is 2.81. The standard InChI is InChI=1S/C9H12F2N4O/c1-14(9(16)8(10)11)5-7-13-12-6-3-2-4-15(6)7/h8H,2-5H2,1H3. The first-order valence-corrected chi connectivity index (χ1v) is 5.03. The lowest BCUT2D eigenvalue weighted by Crippen LogP contribution is -2.32. The van der Waals surface area contributed by atoms with Crippen LogP contribution in [0.15, 0.2) is 0 Å². The number of halogens is 2. The average molecular weight is 230 g/mol. The minimum absolute atomic E-state index is 0.0795. The number of hydrogen-bond acceptors (Lipinski definition) is 3. The molecule has 2 heterocycles. The SMILES string of the molecule is CN(Cc1nnc2n1CCC2)C(=O)C(F)F. The molecule has 1 aliphatic heterocycles. The van der Waals surface area contributed by atoms with Crippen molar-refractivity contribution in [3.8, 4) is 0 Å². The number of aryl methyl sites for hydroxylation is 1. The lowest BCUT2D eigenvalue weighted by molar-refractivity contribution is -0.142. The van der Waals surface area contributed by atoms with E-state index in [2.05, 4.69) is 10.2 Å². The summed E-state index contributed by atoms with van der Waals surface area (Å²) in [5.74, 6) is 0.257. The fourth-order valence-corrected chi connectivity index (χ4v) is 1.78. The molecule has 1 aromatic rings. The molecule has 0 saturated carbocycles. The van der Waals surface area contributed by atoms with Crippen LogP contribution >= 0.6 is 0 Å². The summed E-state index contributed by atoms with van der Waals surface area (Å²) in [6.07, 6.45) is -1.12. The van der Waals surface area contributed by atoms with Crippen molar-refractivity contribution in [3.63, 3.8) is 0 Å². The number of rotatable bonds is 3. The van der Waals surface area contributed by atoms with Crippen LogP contribution in [0, 0.1) is 0 Å². The number of fused-ring (bicyclic) bond motifs is 1. The summed E-state index contributed by atoms with van der Waals surface area (Å²) < 4.78 is 26.2. The maximum atomic E-state index is 12.1. The van der Waals surface area contributed by atoms with E-state index in [1.165, 1.54) is 7.05 Å². The summed E-state index contributed by atoms with van der Waals surface area (Å²) >= 11 is 0. The van der Waals surface area contributed by atoms with Crippen LogP contribution in [0.1, 0.15) is 18.1 Å². The molecule has 0 atom stereocenters. The quantitative estimate of drug-likeness (QED) is 0.757. The second-order valence-electron chi connectivity index (χ2n) is 3.78. The van der Waals surface area contributed by atoms with Gasteiger partial charge in [0.2, 0.25) is 0 Å². The molecular weight excluding hydrogens is 218 g/mol. The molecule has 5 nitrogen and oxygen atoms in total. The van der Waals surface area contributed by atoms with Crippen molar-refractivity contribution in [1.29, 1.82) is 0 Å². The third kappa shape index (κ3) is 1.89. The molecule has 1 aromatic heterocycles. The van der Waals surface area contributed by atoms with E-state index in [0.717, 1.165) is 30.1 Å². The van der Waals surface area contributed by atoms with Gasteiger partial charge in [0.15, 0.2) is 5.82 Å². The molecule has 0 N–H and O–H groups in total. The molecule has 16 heavy (non-hydrogen) atoms. The number of nitrogens with zero attached hydrogens (tertiary/aromatic N) is 4. The Balaban J connectivity index is 2.07. The highest BCUT2D eigenvalue weighted by atomic mass is 19.3. The van der Waals surface area contributed by atoms with Crippen molar-refractivity contribution in [1.82, 2.24) is 19.7 Å². The zero-order chi connectivity index (χ0) is 11.7. The highest BCUT2D eigenvalue weighted by Gasteiger charge is 2.23. The third-order valence-corrected chi connectivity index (χ3v) is 2.63. The van der Waals surface area contributed by atoms with Gasteiger partial charge in [-0.1, -0.05) is 0 Å². The largest absolute Gasteiger partial charge is 0.333 e. The molecule has 0 aromatic carbocycles.